The summed E-state index contributed by atoms with van der Waals surface area (Å²) >= 11 is 0. The molecule has 0 aliphatic heterocycles. The van der Waals surface area contributed by atoms with E-state index in [-0.39, 0.29) is 10.9 Å². The van der Waals surface area contributed by atoms with Gasteiger partial charge in [0, 0.05) is 24.8 Å². The Morgan fingerprint density at radius 1 is 1.20 bits per heavy atom. The van der Waals surface area contributed by atoms with Gasteiger partial charge in [-0.2, -0.15) is 0 Å². The van der Waals surface area contributed by atoms with Crippen LogP contribution in [0.3, 0.4) is 0 Å². The van der Waals surface area contributed by atoms with E-state index in [0.717, 1.165) is 5.69 Å². The predicted octanol–water partition coefficient (Wildman–Crippen LogP) is 0.761. The van der Waals surface area contributed by atoms with E-state index in [1.54, 1.807) is 38.1 Å². The smallest absolute Gasteiger partial charge is 0.240 e. The number of hydrogen-bond acceptors (Lipinski definition) is 5. The first kappa shape index (κ1) is 16.9. The van der Waals surface area contributed by atoms with Crippen LogP contribution in [0.2, 0.25) is 0 Å². The Morgan fingerprint density at radius 3 is 2.40 bits per heavy atom. The van der Waals surface area contributed by atoms with Crippen LogP contribution in [0.25, 0.3) is 0 Å². The molecular formula is C13H23N3O3S. The molecule has 0 atom stereocenters. The van der Waals surface area contributed by atoms with Crippen LogP contribution in [0.15, 0.2) is 29.2 Å². The SMILES string of the molecule is CC(C)NS(=O)(=O)c1ccc(NCCOCCN)cc1. The third kappa shape index (κ3) is 5.87. The number of benzene rings is 1. The molecule has 20 heavy (non-hydrogen) atoms. The number of rotatable bonds is 9. The van der Waals surface area contributed by atoms with E-state index in [2.05, 4.69) is 10.0 Å². The van der Waals surface area contributed by atoms with Crippen molar-refractivity contribution in [3.05, 3.63) is 24.3 Å². The summed E-state index contributed by atoms with van der Waals surface area (Å²) < 4.78 is 31.6. The normalized spacial score (nSPS) is 11.8. The van der Waals surface area contributed by atoms with Crippen LogP contribution >= 0.6 is 0 Å². The van der Waals surface area contributed by atoms with Crippen LogP contribution in [0.4, 0.5) is 5.69 Å². The number of sulfonamides is 1. The van der Waals surface area contributed by atoms with Crippen molar-refractivity contribution in [3.63, 3.8) is 0 Å². The molecule has 7 heteroatoms. The number of nitrogens with one attached hydrogen (secondary N) is 2. The third-order valence-electron chi connectivity index (χ3n) is 2.39. The zero-order chi connectivity index (χ0) is 15.0. The van der Waals surface area contributed by atoms with E-state index in [0.29, 0.717) is 26.3 Å². The molecule has 114 valence electrons. The van der Waals surface area contributed by atoms with Gasteiger partial charge in [-0.3, -0.25) is 0 Å². The van der Waals surface area contributed by atoms with E-state index in [1.807, 2.05) is 0 Å². The lowest BCUT2D eigenvalue weighted by Gasteiger charge is -2.11. The van der Waals surface area contributed by atoms with E-state index in [9.17, 15) is 8.42 Å². The summed E-state index contributed by atoms with van der Waals surface area (Å²) in [4.78, 5) is 0.260. The van der Waals surface area contributed by atoms with Gasteiger partial charge in [-0.1, -0.05) is 0 Å². The van der Waals surface area contributed by atoms with E-state index in [1.165, 1.54) is 0 Å². The molecule has 0 saturated heterocycles. The maximum atomic E-state index is 11.9. The first-order chi connectivity index (χ1) is 9.45. The maximum absolute atomic E-state index is 11.9. The first-order valence-corrected chi connectivity index (χ1v) is 8.08. The number of hydrogen-bond donors (Lipinski definition) is 3. The number of anilines is 1. The minimum Gasteiger partial charge on any atom is -0.383 e. The van der Waals surface area contributed by atoms with Gasteiger partial charge in [0.05, 0.1) is 18.1 Å². The Kier molecular flexibility index (Phi) is 6.94. The Balaban J connectivity index is 2.52. The van der Waals surface area contributed by atoms with Crippen molar-refractivity contribution < 1.29 is 13.2 Å². The van der Waals surface area contributed by atoms with Crippen LogP contribution in [-0.4, -0.2) is 40.8 Å². The highest BCUT2D eigenvalue weighted by molar-refractivity contribution is 7.89. The minimum absolute atomic E-state index is 0.127. The van der Waals surface area contributed by atoms with Crippen molar-refractivity contribution >= 4 is 15.7 Å². The molecule has 6 nitrogen and oxygen atoms in total. The van der Waals surface area contributed by atoms with E-state index in [4.69, 9.17) is 10.5 Å². The second kappa shape index (κ2) is 8.21. The summed E-state index contributed by atoms with van der Waals surface area (Å²) in [6, 6.07) is 6.49. The maximum Gasteiger partial charge on any atom is 0.240 e. The van der Waals surface area contributed by atoms with Crippen LogP contribution in [0.1, 0.15) is 13.8 Å². The zero-order valence-electron chi connectivity index (χ0n) is 11.9. The van der Waals surface area contributed by atoms with Crippen molar-refractivity contribution in [3.8, 4) is 0 Å². The Morgan fingerprint density at radius 2 is 1.85 bits per heavy atom. The highest BCUT2D eigenvalue weighted by Crippen LogP contribution is 2.14. The second-order valence-electron chi connectivity index (χ2n) is 4.63. The Labute approximate surface area is 120 Å². The second-order valence-corrected chi connectivity index (χ2v) is 6.34. The lowest BCUT2D eigenvalue weighted by molar-refractivity contribution is 0.151. The Bertz CT molecular complexity index is 486. The quantitative estimate of drug-likeness (QED) is 0.586. The Hall–Kier alpha value is -1.15. The molecule has 1 rings (SSSR count). The number of ether oxygens (including phenoxy) is 1. The summed E-state index contributed by atoms with van der Waals surface area (Å²) in [5, 5.41) is 3.14. The summed E-state index contributed by atoms with van der Waals surface area (Å²) in [6.07, 6.45) is 0. The fraction of sp³-hybridized carbons (Fsp3) is 0.538. The molecule has 1 aromatic rings. The average molecular weight is 301 g/mol. The van der Waals surface area contributed by atoms with Gasteiger partial charge in [-0.25, -0.2) is 13.1 Å². The highest BCUT2D eigenvalue weighted by Gasteiger charge is 2.14. The molecule has 4 N–H and O–H groups in total. The third-order valence-corrected chi connectivity index (χ3v) is 4.07. The first-order valence-electron chi connectivity index (χ1n) is 6.60. The molecule has 0 aliphatic carbocycles. The fourth-order valence-corrected chi connectivity index (χ4v) is 2.83. The van der Waals surface area contributed by atoms with Gasteiger partial charge >= 0.3 is 0 Å². The molecule has 0 bridgehead atoms. The van der Waals surface area contributed by atoms with Gasteiger partial charge in [0.2, 0.25) is 10.0 Å². The largest absolute Gasteiger partial charge is 0.383 e. The molecule has 0 radical (unpaired) electrons. The molecule has 0 unspecified atom stereocenters. The van der Waals surface area contributed by atoms with Gasteiger partial charge < -0.3 is 15.8 Å². The van der Waals surface area contributed by atoms with Crippen LogP contribution < -0.4 is 15.8 Å². The zero-order valence-corrected chi connectivity index (χ0v) is 12.7. The lowest BCUT2D eigenvalue weighted by atomic mass is 10.3. The predicted molar refractivity (Wildman–Crippen MR) is 80.3 cm³/mol. The molecule has 0 amide bonds. The molecule has 0 spiro atoms. The molecule has 0 heterocycles. The van der Waals surface area contributed by atoms with Gasteiger partial charge in [0.25, 0.3) is 0 Å². The molecule has 0 fully saturated rings. The van der Waals surface area contributed by atoms with Crippen LogP contribution in [0.5, 0.6) is 0 Å². The molecule has 1 aromatic carbocycles. The molecule has 0 aromatic heterocycles. The lowest BCUT2D eigenvalue weighted by Crippen LogP contribution is -2.30. The van der Waals surface area contributed by atoms with Crippen molar-refractivity contribution in [1.29, 1.82) is 0 Å². The summed E-state index contributed by atoms with van der Waals surface area (Å²) in [5.41, 5.74) is 6.16. The van der Waals surface area contributed by atoms with Crippen LogP contribution in [0, 0.1) is 0 Å². The molecular weight excluding hydrogens is 278 g/mol. The molecule has 0 aliphatic rings. The standard InChI is InChI=1S/C13H23N3O3S/c1-11(2)16-20(17,18)13-5-3-12(4-6-13)15-8-10-19-9-7-14/h3-6,11,15-16H,7-10,14H2,1-2H3. The monoisotopic (exact) mass is 301 g/mol. The molecule has 0 saturated carbocycles. The average Bonchev–Trinajstić information content (AvgIpc) is 2.37. The summed E-state index contributed by atoms with van der Waals surface area (Å²) in [7, 11) is -3.43. The number of nitrogens with two attached hydrogens (primary N) is 1. The van der Waals surface area contributed by atoms with E-state index < -0.39 is 10.0 Å². The fourth-order valence-electron chi connectivity index (χ4n) is 1.58. The van der Waals surface area contributed by atoms with Crippen molar-refractivity contribution in [2.24, 2.45) is 5.73 Å². The van der Waals surface area contributed by atoms with Gasteiger partial charge in [0.15, 0.2) is 0 Å². The van der Waals surface area contributed by atoms with Crippen molar-refractivity contribution in [1.82, 2.24) is 4.72 Å². The van der Waals surface area contributed by atoms with Crippen molar-refractivity contribution in [2.75, 3.05) is 31.6 Å². The van der Waals surface area contributed by atoms with Gasteiger partial charge in [0.1, 0.15) is 0 Å². The summed E-state index contributed by atoms with van der Waals surface area (Å²) in [5.74, 6) is 0. The minimum atomic E-state index is -3.43. The van der Waals surface area contributed by atoms with Crippen LogP contribution in [-0.2, 0) is 14.8 Å². The van der Waals surface area contributed by atoms with Gasteiger partial charge in [-0.05, 0) is 38.1 Å². The topological polar surface area (TPSA) is 93.5 Å². The van der Waals surface area contributed by atoms with E-state index >= 15 is 0 Å². The summed E-state index contributed by atoms with van der Waals surface area (Å²) in [6.45, 7) is 5.83. The van der Waals surface area contributed by atoms with Crippen molar-refractivity contribution in [2.45, 2.75) is 24.8 Å². The highest BCUT2D eigenvalue weighted by atomic mass is 32.2. The van der Waals surface area contributed by atoms with Gasteiger partial charge in [-0.15, -0.1) is 0 Å².